The fraction of sp³-hybridized carbons (Fsp3) is 0.333. The summed E-state index contributed by atoms with van der Waals surface area (Å²) in [5.41, 5.74) is 5.13. The first-order chi connectivity index (χ1) is 14.4. The van der Waals surface area contributed by atoms with Crippen molar-refractivity contribution >= 4 is 17.3 Å². The molecule has 0 amide bonds. The van der Waals surface area contributed by atoms with Crippen molar-refractivity contribution in [2.75, 3.05) is 6.54 Å². The van der Waals surface area contributed by atoms with E-state index < -0.39 is 0 Å². The summed E-state index contributed by atoms with van der Waals surface area (Å²) >= 11 is 5.75. The highest BCUT2D eigenvalue weighted by Gasteiger charge is 2.41. The van der Waals surface area contributed by atoms with E-state index in [9.17, 15) is 5.11 Å². The molecule has 4 rings (SSSR count). The molecule has 156 valence electrons. The lowest BCUT2D eigenvalue weighted by atomic mass is 9.96. The van der Waals surface area contributed by atoms with E-state index in [1.54, 1.807) is 6.07 Å². The number of aryl methyl sites for hydroxylation is 1. The quantitative estimate of drug-likeness (QED) is 0.580. The molecule has 1 aliphatic rings. The van der Waals surface area contributed by atoms with E-state index in [0.29, 0.717) is 5.92 Å². The van der Waals surface area contributed by atoms with Gasteiger partial charge in [0.25, 0.3) is 0 Å². The molecule has 0 unspecified atom stereocenters. The average molecular weight is 421 g/mol. The summed E-state index contributed by atoms with van der Waals surface area (Å²) in [5, 5.41) is 14.7. The highest BCUT2D eigenvalue weighted by atomic mass is 32.1. The Bertz CT molecular complexity index is 1060. The van der Waals surface area contributed by atoms with Crippen molar-refractivity contribution in [3.05, 3.63) is 77.4 Å². The standard InChI is InChI=1S/C24H28N4OS/c1-15(2)14-27-23(22(26-24(27)30)19-9-7-8-12-25-19)18-13-16(3)28(17(18)4)20-10-5-6-11-21(20)29/h5-13,15,22-23,29H,14H2,1-4H3,(H,26,30)/t22-,23-/m1/s1. The van der Waals surface area contributed by atoms with Gasteiger partial charge >= 0.3 is 0 Å². The monoisotopic (exact) mass is 420 g/mol. The molecule has 2 atom stereocenters. The molecule has 1 aliphatic heterocycles. The number of nitrogens with zero attached hydrogens (tertiary/aromatic N) is 3. The fourth-order valence-electron chi connectivity index (χ4n) is 4.45. The zero-order chi connectivity index (χ0) is 21.4. The van der Waals surface area contributed by atoms with Crippen LogP contribution in [0.15, 0.2) is 54.7 Å². The van der Waals surface area contributed by atoms with Gasteiger partial charge in [-0.25, -0.2) is 0 Å². The van der Waals surface area contributed by atoms with Crippen molar-refractivity contribution in [1.29, 1.82) is 0 Å². The second-order valence-electron chi connectivity index (χ2n) is 8.32. The Labute approximate surface area is 183 Å². The lowest BCUT2D eigenvalue weighted by Crippen LogP contribution is -2.33. The number of phenols is 1. The van der Waals surface area contributed by atoms with Crippen LogP contribution >= 0.6 is 12.2 Å². The number of hydrogen-bond acceptors (Lipinski definition) is 3. The second kappa shape index (κ2) is 8.11. The third-order valence-electron chi connectivity index (χ3n) is 5.67. The van der Waals surface area contributed by atoms with Gasteiger partial charge in [-0.05, 0) is 67.9 Å². The van der Waals surface area contributed by atoms with Crippen LogP contribution in [0.25, 0.3) is 5.69 Å². The van der Waals surface area contributed by atoms with Crippen molar-refractivity contribution in [3.63, 3.8) is 0 Å². The van der Waals surface area contributed by atoms with E-state index in [4.69, 9.17) is 12.2 Å². The number of benzene rings is 1. The van der Waals surface area contributed by atoms with Gasteiger partial charge in [0.2, 0.25) is 0 Å². The number of hydrogen-bond donors (Lipinski definition) is 2. The maximum Gasteiger partial charge on any atom is 0.170 e. The SMILES string of the molecule is Cc1cc([C@@H]2[C@@H](c3ccccn3)NC(=S)N2CC(C)C)c(C)n1-c1ccccc1O. The van der Waals surface area contributed by atoms with Gasteiger partial charge in [-0.3, -0.25) is 4.98 Å². The van der Waals surface area contributed by atoms with Gasteiger partial charge < -0.3 is 19.9 Å². The first-order valence-corrected chi connectivity index (χ1v) is 10.7. The molecular formula is C24H28N4OS. The third kappa shape index (κ3) is 3.56. The van der Waals surface area contributed by atoms with Crippen LogP contribution in [0.5, 0.6) is 5.75 Å². The highest BCUT2D eigenvalue weighted by molar-refractivity contribution is 7.80. The summed E-state index contributed by atoms with van der Waals surface area (Å²) in [6.07, 6.45) is 1.83. The summed E-state index contributed by atoms with van der Waals surface area (Å²) < 4.78 is 2.12. The van der Waals surface area contributed by atoms with Gasteiger partial charge in [0, 0.05) is 24.1 Å². The lowest BCUT2D eigenvalue weighted by Gasteiger charge is -2.29. The molecule has 0 aliphatic carbocycles. The first-order valence-electron chi connectivity index (χ1n) is 10.3. The number of thiocarbonyl (C=S) groups is 1. The molecule has 30 heavy (non-hydrogen) atoms. The maximum absolute atomic E-state index is 10.5. The number of pyridine rings is 1. The Kier molecular flexibility index (Phi) is 5.52. The molecule has 5 nitrogen and oxygen atoms in total. The Morgan fingerprint density at radius 2 is 1.87 bits per heavy atom. The molecule has 2 N–H and O–H groups in total. The highest BCUT2D eigenvalue weighted by Crippen LogP contribution is 2.42. The maximum atomic E-state index is 10.5. The van der Waals surface area contributed by atoms with Crippen molar-refractivity contribution in [1.82, 2.24) is 19.8 Å². The largest absolute Gasteiger partial charge is 0.506 e. The molecular weight excluding hydrogens is 392 g/mol. The topological polar surface area (TPSA) is 53.3 Å². The minimum atomic E-state index is -0.0317. The molecule has 0 saturated carbocycles. The minimum absolute atomic E-state index is 0.0283. The van der Waals surface area contributed by atoms with E-state index in [1.165, 1.54) is 5.56 Å². The molecule has 0 spiro atoms. The fourth-order valence-corrected chi connectivity index (χ4v) is 4.76. The molecule has 1 fully saturated rings. The predicted molar refractivity (Wildman–Crippen MR) is 124 cm³/mol. The molecule has 1 saturated heterocycles. The van der Waals surface area contributed by atoms with Gasteiger partial charge in [0.1, 0.15) is 5.75 Å². The van der Waals surface area contributed by atoms with E-state index in [-0.39, 0.29) is 17.8 Å². The van der Waals surface area contributed by atoms with Gasteiger partial charge in [-0.1, -0.05) is 32.0 Å². The summed E-state index contributed by atoms with van der Waals surface area (Å²) in [5.74, 6) is 0.739. The van der Waals surface area contributed by atoms with Crippen molar-refractivity contribution in [3.8, 4) is 11.4 Å². The summed E-state index contributed by atoms with van der Waals surface area (Å²) in [7, 11) is 0. The molecule has 2 aromatic heterocycles. The lowest BCUT2D eigenvalue weighted by molar-refractivity contribution is 0.287. The van der Waals surface area contributed by atoms with Crippen molar-refractivity contribution in [2.45, 2.75) is 39.8 Å². The number of aromatic nitrogens is 2. The zero-order valence-electron chi connectivity index (χ0n) is 17.8. The second-order valence-corrected chi connectivity index (χ2v) is 8.71. The number of para-hydroxylation sites is 2. The predicted octanol–water partition coefficient (Wildman–Crippen LogP) is 4.82. The average Bonchev–Trinajstić information content (AvgIpc) is 3.18. The molecule has 0 bridgehead atoms. The van der Waals surface area contributed by atoms with Gasteiger partial charge in [0.15, 0.2) is 5.11 Å². The summed E-state index contributed by atoms with van der Waals surface area (Å²) in [6.45, 7) is 9.46. The van der Waals surface area contributed by atoms with E-state index in [0.717, 1.165) is 34.4 Å². The van der Waals surface area contributed by atoms with Crippen LogP contribution in [0.1, 0.15) is 48.6 Å². The Morgan fingerprint density at radius 3 is 2.53 bits per heavy atom. The van der Waals surface area contributed by atoms with Crippen LogP contribution in [0.2, 0.25) is 0 Å². The first kappa shape index (κ1) is 20.4. The van der Waals surface area contributed by atoms with Gasteiger partial charge in [-0.2, -0.15) is 0 Å². The molecule has 1 aromatic carbocycles. The zero-order valence-corrected chi connectivity index (χ0v) is 18.6. The van der Waals surface area contributed by atoms with Crippen LogP contribution in [-0.2, 0) is 0 Å². The summed E-state index contributed by atoms with van der Waals surface area (Å²) in [6, 6.07) is 15.7. The van der Waals surface area contributed by atoms with Gasteiger partial charge in [-0.15, -0.1) is 0 Å². The van der Waals surface area contributed by atoms with E-state index in [1.807, 2.05) is 42.6 Å². The van der Waals surface area contributed by atoms with Gasteiger partial charge in [0.05, 0.1) is 23.5 Å². The van der Waals surface area contributed by atoms with Crippen LogP contribution < -0.4 is 5.32 Å². The number of phenolic OH excluding ortho intramolecular Hbond substituents is 1. The van der Waals surface area contributed by atoms with Crippen molar-refractivity contribution in [2.24, 2.45) is 5.92 Å². The minimum Gasteiger partial charge on any atom is -0.506 e. The van der Waals surface area contributed by atoms with Crippen LogP contribution in [0.3, 0.4) is 0 Å². The normalized spacial score (nSPS) is 18.8. The molecule has 6 heteroatoms. The van der Waals surface area contributed by atoms with Crippen molar-refractivity contribution < 1.29 is 5.11 Å². The smallest absolute Gasteiger partial charge is 0.170 e. The number of aromatic hydroxyl groups is 1. The van der Waals surface area contributed by atoms with Crippen LogP contribution in [0, 0.1) is 19.8 Å². The number of nitrogens with one attached hydrogen (secondary N) is 1. The third-order valence-corrected chi connectivity index (χ3v) is 6.02. The summed E-state index contributed by atoms with van der Waals surface area (Å²) in [4.78, 5) is 6.91. The van der Waals surface area contributed by atoms with Crippen LogP contribution in [0.4, 0.5) is 0 Å². The Balaban J connectivity index is 1.85. The van der Waals surface area contributed by atoms with E-state index in [2.05, 4.69) is 53.5 Å². The number of rotatable bonds is 5. The Hall–Kier alpha value is -2.86. The molecule has 3 aromatic rings. The van der Waals surface area contributed by atoms with Crippen LogP contribution in [-0.4, -0.2) is 31.2 Å². The Morgan fingerprint density at radius 1 is 1.13 bits per heavy atom. The molecule has 0 radical (unpaired) electrons. The van der Waals surface area contributed by atoms with E-state index >= 15 is 0 Å². The molecule has 3 heterocycles.